The van der Waals surface area contributed by atoms with Crippen molar-refractivity contribution in [3.8, 4) is 0 Å². The molecular weight excluding hydrogens is 550 g/mol. The lowest BCUT2D eigenvalue weighted by atomic mass is 10.1. The van der Waals surface area contributed by atoms with E-state index in [-0.39, 0.29) is 18.5 Å². The Morgan fingerprint density at radius 1 is 1.10 bits per heavy atom. The third kappa shape index (κ3) is 7.83. The van der Waals surface area contributed by atoms with E-state index in [0.29, 0.717) is 29.6 Å². The Morgan fingerprint density at radius 2 is 1.77 bits per heavy atom. The van der Waals surface area contributed by atoms with Crippen LogP contribution in [0, 0.1) is 0 Å². The van der Waals surface area contributed by atoms with E-state index in [9.17, 15) is 24.0 Å². The minimum atomic E-state index is -1.23. The van der Waals surface area contributed by atoms with Gasteiger partial charge in [-0.2, -0.15) is 0 Å². The van der Waals surface area contributed by atoms with Gasteiger partial charge >= 0.3 is 18.0 Å². The molecule has 2 aliphatic rings. The van der Waals surface area contributed by atoms with Crippen LogP contribution < -0.4 is 10.2 Å². The van der Waals surface area contributed by atoms with Crippen LogP contribution in [0.1, 0.15) is 42.2 Å². The van der Waals surface area contributed by atoms with Crippen LogP contribution in [-0.4, -0.2) is 104 Å². The maximum absolute atomic E-state index is 12.8. The number of halogens is 1. The molecule has 0 aromatic carbocycles. The predicted molar refractivity (Wildman–Crippen MR) is 138 cm³/mol. The van der Waals surface area contributed by atoms with E-state index in [1.165, 1.54) is 30.4 Å². The molecular formula is C24H28ClN7O8. The molecule has 3 amide bonds. The van der Waals surface area contributed by atoms with Crippen LogP contribution in [0.25, 0.3) is 0 Å². The topological polar surface area (TPSA) is 195 Å². The fraction of sp³-hybridized carbons (Fsp3) is 0.417. The number of ether oxygens (including phenoxy) is 1. The molecule has 0 saturated carbocycles. The zero-order valence-electron chi connectivity index (χ0n) is 21.7. The van der Waals surface area contributed by atoms with Crippen molar-refractivity contribution in [1.29, 1.82) is 0 Å². The average molecular weight is 578 g/mol. The highest BCUT2D eigenvalue weighted by Crippen LogP contribution is 2.35. The number of aliphatic carboxylic acids is 2. The van der Waals surface area contributed by atoms with Crippen molar-refractivity contribution < 1.29 is 38.9 Å². The van der Waals surface area contributed by atoms with Gasteiger partial charge in [0.05, 0.1) is 5.02 Å². The number of hydrogen-bond acceptors (Lipinski definition) is 10. The molecule has 4 heterocycles. The van der Waals surface area contributed by atoms with Gasteiger partial charge in [0.1, 0.15) is 17.6 Å². The second-order valence-corrected chi connectivity index (χ2v) is 9.29. The second kappa shape index (κ2) is 13.6. The fourth-order valence-electron chi connectivity index (χ4n) is 3.81. The number of carboxylic acid groups (broad SMARTS) is 2. The first-order valence-corrected chi connectivity index (χ1v) is 12.5. The number of anilines is 1. The Labute approximate surface area is 233 Å². The van der Waals surface area contributed by atoms with Crippen molar-refractivity contribution in [2.75, 3.05) is 38.1 Å². The van der Waals surface area contributed by atoms with Gasteiger partial charge in [0.2, 0.25) is 12.1 Å². The number of pyridine rings is 1. The Balaban J connectivity index is 0.000000289. The van der Waals surface area contributed by atoms with Crippen LogP contribution >= 0.6 is 11.6 Å². The zero-order chi connectivity index (χ0) is 29.4. The van der Waals surface area contributed by atoms with Crippen molar-refractivity contribution in [1.82, 2.24) is 30.1 Å². The molecule has 0 bridgehead atoms. The van der Waals surface area contributed by atoms with E-state index in [4.69, 9.17) is 26.6 Å². The Hall–Kier alpha value is -4.37. The SMILES string of the molecule is CC(=O)N[C@H](CCC(=O)O)C(=O)O.CN1CCN(C(=O)O[C@@H]2c3nccnc3C(=O)N2c2ccc(Cl)cn2)CC1. The van der Waals surface area contributed by atoms with Gasteiger partial charge in [-0.15, -0.1) is 0 Å². The van der Waals surface area contributed by atoms with Crippen LogP contribution in [0.4, 0.5) is 10.6 Å². The van der Waals surface area contributed by atoms with E-state index in [0.717, 1.165) is 13.1 Å². The molecule has 15 nitrogen and oxygen atoms in total. The van der Waals surface area contributed by atoms with Crippen LogP contribution in [0.5, 0.6) is 0 Å². The Bertz CT molecular complexity index is 1250. The number of amides is 3. The fourth-order valence-corrected chi connectivity index (χ4v) is 3.92. The lowest BCUT2D eigenvalue weighted by Gasteiger charge is -2.33. The molecule has 2 aromatic heterocycles. The normalized spacial score (nSPS) is 17.3. The van der Waals surface area contributed by atoms with Gasteiger partial charge in [0, 0.05) is 58.1 Å². The van der Waals surface area contributed by atoms with Gasteiger partial charge in [-0.05, 0) is 25.6 Å². The second-order valence-electron chi connectivity index (χ2n) is 8.85. The first kappa shape index (κ1) is 30.2. The van der Waals surface area contributed by atoms with Crippen molar-refractivity contribution in [3.05, 3.63) is 47.1 Å². The van der Waals surface area contributed by atoms with E-state index >= 15 is 0 Å². The molecule has 0 unspecified atom stereocenters. The highest BCUT2D eigenvalue weighted by molar-refractivity contribution is 6.30. The quantitative estimate of drug-likeness (QED) is 0.423. The first-order valence-electron chi connectivity index (χ1n) is 12.1. The smallest absolute Gasteiger partial charge is 0.412 e. The summed E-state index contributed by atoms with van der Waals surface area (Å²) in [7, 11) is 2.00. The highest BCUT2D eigenvalue weighted by atomic mass is 35.5. The molecule has 16 heteroatoms. The molecule has 214 valence electrons. The van der Waals surface area contributed by atoms with Gasteiger partial charge in [0.15, 0.2) is 5.69 Å². The summed E-state index contributed by atoms with van der Waals surface area (Å²) >= 11 is 5.89. The number of carbonyl (C=O) groups is 5. The summed E-state index contributed by atoms with van der Waals surface area (Å²) in [4.78, 5) is 74.0. The van der Waals surface area contributed by atoms with Gasteiger partial charge < -0.3 is 30.1 Å². The van der Waals surface area contributed by atoms with Crippen LogP contribution in [-0.2, 0) is 19.1 Å². The van der Waals surface area contributed by atoms with Crippen LogP contribution in [0.2, 0.25) is 5.02 Å². The molecule has 0 spiro atoms. The Morgan fingerprint density at radius 3 is 2.35 bits per heavy atom. The molecule has 4 rings (SSSR count). The van der Waals surface area contributed by atoms with Gasteiger partial charge in [-0.3, -0.25) is 19.4 Å². The van der Waals surface area contributed by atoms with Crippen molar-refractivity contribution in [2.45, 2.75) is 32.0 Å². The number of piperazine rings is 1. The lowest BCUT2D eigenvalue weighted by molar-refractivity contribution is -0.142. The lowest BCUT2D eigenvalue weighted by Crippen LogP contribution is -2.48. The number of carbonyl (C=O) groups excluding carboxylic acids is 3. The molecule has 40 heavy (non-hydrogen) atoms. The molecule has 2 atom stereocenters. The molecule has 0 radical (unpaired) electrons. The summed E-state index contributed by atoms with van der Waals surface area (Å²) in [6.45, 7) is 3.82. The number of hydrogen-bond donors (Lipinski definition) is 3. The van der Waals surface area contributed by atoms with E-state index < -0.39 is 42.1 Å². The summed E-state index contributed by atoms with van der Waals surface area (Å²) in [6.07, 6.45) is 2.39. The summed E-state index contributed by atoms with van der Waals surface area (Å²) in [5.41, 5.74) is 0.437. The summed E-state index contributed by atoms with van der Waals surface area (Å²) in [5.74, 6) is -2.92. The third-order valence-corrected chi connectivity index (χ3v) is 6.09. The van der Waals surface area contributed by atoms with Crippen molar-refractivity contribution >= 4 is 47.3 Å². The monoisotopic (exact) mass is 577 g/mol. The van der Waals surface area contributed by atoms with Crippen LogP contribution in [0.15, 0.2) is 30.7 Å². The average Bonchev–Trinajstić information content (AvgIpc) is 3.18. The predicted octanol–water partition coefficient (Wildman–Crippen LogP) is 1.01. The van der Waals surface area contributed by atoms with E-state index in [2.05, 4.69) is 25.2 Å². The molecule has 1 fully saturated rings. The zero-order valence-corrected chi connectivity index (χ0v) is 22.4. The standard InChI is InChI=1S/C17H17ClN6O3.C7H11NO5/c1-22-6-8-23(9-7-22)17(26)27-16-14-13(19-4-5-20-14)15(25)24(16)12-3-2-11(18)10-21-12;1-4(9)8-5(7(12)13)2-3-6(10)11/h2-5,10,16H,6-9H2,1H3;5H,2-3H2,1H3,(H,8,9)(H,10,11)(H,12,13)/t16-;5-/m11/s1. The van der Waals surface area contributed by atoms with E-state index in [1.807, 2.05) is 7.05 Å². The summed E-state index contributed by atoms with van der Waals surface area (Å²) in [5, 5.41) is 19.4. The highest BCUT2D eigenvalue weighted by Gasteiger charge is 2.44. The Kier molecular flexibility index (Phi) is 10.3. The summed E-state index contributed by atoms with van der Waals surface area (Å²) in [6, 6.07) is 2.08. The molecule has 2 aliphatic heterocycles. The number of likely N-dealkylation sites (N-methyl/N-ethyl adjacent to an activating group) is 1. The third-order valence-electron chi connectivity index (χ3n) is 5.87. The maximum Gasteiger partial charge on any atom is 0.412 e. The number of nitrogens with zero attached hydrogens (tertiary/aromatic N) is 6. The number of fused-ring (bicyclic) bond motifs is 1. The minimum Gasteiger partial charge on any atom is -0.481 e. The summed E-state index contributed by atoms with van der Waals surface area (Å²) < 4.78 is 5.68. The number of rotatable bonds is 7. The van der Waals surface area contributed by atoms with E-state index in [1.54, 1.807) is 17.0 Å². The molecule has 1 saturated heterocycles. The largest absolute Gasteiger partial charge is 0.481 e. The first-order chi connectivity index (χ1) is 19.0. The molecule has 2 aromatic rings. The molecule has 0 aliphatic carbocycles. The minimum absolute atomic E-state index is 0.107. The maximum atomic E-state index is 12.8. The molecule has 3 N–H and O–H groups in total. The van der Waals surface area contributed by atoms with Crippen LogP contribution in [0.3, 0.4) is 0 Å². The van der Waals surface area contributed by atoms with Gasteiger partial charge in [-0.1, -0.05) is 11.6 Å². The van der Waals surface area contributed by atoms with Gasteiger partial charge in [0.25, 0.3) is 5.91 Å². The van der Waals surface area contributed by atoms with Crippen molar-refractivity contribution in [2.24, 2.45) is 0 Å². The number of aromatic nitrogens is 3. The van der Waals surface area contributed by atoms with Gasteiger partial charge in [-0.25, -0.2) is 24.5 Å². The number of carboxylic acids is 2. The number of nitrogens with one attached hydrogen (secondary N) is 1. The van der Waals surface area contributed by atoms with Crippen molar-refractivity contribution in [3.63, 3.8) is 0 Å².